The smallest absolute Gasteiger partial charge is 0.164 e. The minimum absolute atomic E-state index is 0.645. The van der Waals surface area contributed by atoms with Gasteiger partial charge in [-0.3, -0.25) is 0 Å². The Morgan fingerprint density at radius 3 is 1.79 bits per heavy atom. The van der Waals surface area contributed by atoms with Crippen molar-refractivity contribution in [1.29, 1.82) is 0 Å². The molecule has 3 heterocycles. The third kappa shape index (κ3) is 4.62. The number of para-hydroxylation sites is 2. The molecule has 12 rings (SSSR count). The van der Waals surface area contributed by atoms with Gasteiger partial charge in [0.1, 0.15) is 0 Å². The van der Waals surface area contributed by atoms with Crippen LogP contribution in [0.5, 0.6) is 0 Å². The van der Waals surface area contributed by atoms with E-state index in [9.17, 15) is 0 Å². The Balaban J connectivity index is 1.21. The molecular weight excluding hydrogens is 701 g/mol. The highest BCUT2D eigenvalue weighted by molar-refractivity contribution is 7.27. The number of nitrogens with zero attached hydrogens (tertiary/aromatic N) is 4. The Morgan fingerprint density at radius 2 is 0.964 bits per heavy atom. The van der Waals surface area contributed by atoms with Crippen molar-refractivity contribution in [2.24, 2.45) is 0 Å². The van der Waals surface area contributed by atoms with E-state index < -0.39 is 0 Å². The Labute approximate surface area is 325 Å². The zero-order valence-corrected chi connectivity index (χ0v) is 30.8. The second kappa shape index (κ2) is 12.2. The highest BCUT2D eigenvalue weighted by Gasteiger charge is 2.23. The molecule has 56 heavy (non-hydrogen) atoms. The Kier molecular flexibility index (Phi) is 6.76. The lowest BCUT2D eigenvalue weighted by Crippen LogP contribution is -2.01. The number of thiophene rings is 1. The van der Waals surface area contributed by atoms with Gasteiger partial charge in [0, 0.05) is 58.7 Å². The fourth-order valence-corrected chi connectivity index (χ4v) is 10.2. The van der Waals surface area contributed by atoms with Gasteiger partial charge in [-0.15, -0.1) is 11.3 Å². The zero-order chi connectivity index (χ0) is 36.7. The summed E-state index contributed by atoms with van der Waals surface area (Å²) in [5.74, 6) is 1.95. The van der Waals surface area contributed by atoms with Crippen molar-refractivity contribution in [3.8, 4) is 39.9 Å². The molecule has 0 aliphatic carbocycles. The van der Waals surface area contributed by atoms with E-state index >= 15 is 0 Å². The fourth-order valence-electron chi connectivity index (χ4n) is 8.73. The van der Waals surface area contributed by atoms with Crippen LogP contribution in [0.15, 0.2) is 182 Å². The lowest BCUT2D eigenvalue weighted by Gasteiger charge is -2.13. The summed E-state index contributed by atoms with van der Waals surface area (Å²) in [6.07, 6.45) is 0. The van der Waals surface area contributed by atoms with E-state index in [4.69, 9.17) is 15.0 Å². The van der Waals surface area contributed by atoms with Gasteiger partial charge in [-0.2, -0.15) is 0 Å². The molecule has 0 saturated carbocycles. The van der Waals surface area contributed by atoms with Gasteiger partial charge in [0.05, 0.1) is 11.0 Å². The molecule has 0 fully saturated rings. The molecule has 0 radical (unpaired) electrons. The van der Waals surface area contributed by atoms with Crippen molar-refractivity contribution in [3.63, 3.8) is 0 Å². The first kappa shape index (κ1) is 31.2. The van der Waals surface area contributed by atoms with E-state index in [-0.39, 0.29) is 0 Å². The molecule has 5 heteroatoms. The van der Waals surface area contributed by atoms with Crippen molar-refractivity contribution >= 4 is 85.6 Å². The number of hydrogen-bond acceptors (Lipinski definition) is 4. The largest absolute Gasteiger partial charge is 0.309 e. The molecule has 0 aliphatic rings. The summed E-state index contributed by atoms with van der Waals surface area (Å²) in [7, 11) is 0. The maximum atomic E-state index is 5.48. The molecule has 3 aromatic heterocycles. The molecule has 260 valence electrons. The van der Waals surface area contributed by atoms with E-state index in [1.54, 1.807) is 0 Å². The second-order valence-corrected chi connectivity index (χ2v) is 15.4. The normalized spacial score (nSPS) is 11.9. The molecule has 4 nitrogen and oxygen atoms in total. The number of rotatable bonds is 4. The summed E-state index contributed by atoms with van der Waals surface area (Å²) < 4.78 is 4.86. The SMILES string of the molecule is c1ccc(-c2nc(-c3cc4ccc5ccccc5c4c4sc5c6ccccc6ccc5c34)nc(-c3cccc4c3c3ccccc3n4-c3ccccc3)n2)cc1. The van der Waals surface area contributed by atoms with Gasteiger partial charge >= 0.3 is 0 Å². The van der Waals surface area contributed by atoms with Crippen molar-refractivity contribution in [1.82, 2.24) is 19.5 Å². The number of benzene rings is 9. The predicted octanol–water partition coefficient (Wildman–Crippen LogP) is 13.8. The minimum atomic E-state index is 0.645. The first-order valence-electron chi connectivity index (χ1n) is 18.9. The molecule has 0 atom stereocenters. The van der Waals surface area contributed by atoms with E-state index in [1.807, 2.05) is 29.5 Å². The van der Waals surface area contributed by atoms with Crippen molar-refractivity contribution in [2.75, 3.05) is 0 Å². The second-order valence-electron chi connectivity index (χ2n) is 14.3. The molecule has 0 saturated heterocycles. The van der Waals surface area contributed by atoms with Crippen LogP contribution in [0, 0.1) is 0 Å². The fraction of sp³-hybridized carbons (Fsp3) is 0. The van der Waals surface area contributed by atoms with Crippen LogP contribution < -0.4 is 0 Å². The van der Waals surface area contributed by atoms with E-state index in [2.05, 4.69) is 168 Å². The predicted molar refractivity (Wildman–Crippen MR) is 236 cm³/mol. The maximum Gasteiger partial charge on any atom is 0.164 e. The van der Waals surface area contributed by atoms with Crippen LogP contribution in [-0.2, 0) is 0 Å². The molecule has 12 aromatic rings. The Morgan fingerprint density at radius 1 is 0.357 bits per heavy atom. The lowest BCUT2D eigenvalue weighted by atomic mass is 9.95. The van der Waals surface area contributed by atoms with Crippen LogP contribution >= 0.6 is 11.3 Å². The zero-order valence-electron chi connectivity index (χ0n) is 30.0. The average molecular weight is 731 g/mol. The molecule has 0 unspecified atom stereocenters. The van der Waals surface area contributed by atoms with E-state index in [1.165, 1.54) is 52.5 Å². The standard InChI is InChI=1S/C51H30N4S/c1-3-16-33(17-4-1)49-52-50(40-23-13-25-43-45(40)38-22-11-12-24-42(38)55(43)35-18-5-2-6-19-35)54-51(53-49)41-30-34-27-26-31-14-7-9-20-36(31)44(34)48-46(41)39-29-28-32-15-8-10-21-37(32)47(39)56-48/h1-30H. The molecule has 0 N–H and O–H groups in total. The monoisotopic (exact) mass is 730 g/mol. The quantitative estimate of drug-likeness (QED) is 0.169. The lowest BCUT2D eigenvalue weighted by molar-refractivity contribution is 1.08. The minimum Gasteiger partial charge on any atom is -0.309 e. The van der Waals surface area contributed by atoms with E-state index in [0.29, 0.717) is 17.5 Å². The highest BCUT2D eigenvalue weighted by atomic mass is 32.1. The van der Waals surface area contributed by atoms with Gasteiger partial charge in [-0.25, -0.2) is 15.0 Å². The molecular formula is C51H30N4S. The molecule has 0 spiro atoms. The van der Waals surface area contributed by atoms with Crippen molar-refractivity contribution in [2.45, 2.75) is 0 Å². The average Bonchev–Trinajstić information content (AvgIpc) is 3.83. The number of fused-ring (bicyclic) bond motifs is 12. The first-order chi connectivity index (χ1) is 27.8. The summed E-state index contributed by atoms with van der Waals surface area (Å²) in [5, 5.41) is 12.1. The molecule has 0 bridgehead atoms. The summed E-state index contributed by atoms with van der Waals surface area (Å²) in [6.45, 7) is 0. The van der Waals surface area contributed by atoms with Crippen LogP contribution in [0.2, 0.25) is 0 Å². The van der Waals surface area contributed by atoms with Crippen LogP contribution in [0.1, 0.15) is 0 Å². The maximum absolute atomic E-state index is 5.48. The molecule has 9 aromatic carbocycles. The summed E-state index contributed by atoms with van der Waals surface area (Å²) in [6, 6.07) is 64.7. The molecule has 0 amide bonds. The number of aromatic nitrogens is 4. The van der Waals surface area contributed by atoms with Gasteiger partial charge in [0.25, 0.3) is 0 Å². The van der Waals surface area contributed by atoms with Crippen LogP contribution in [0.3, 0.4) is 0 Å². The number of hydrogen-bond donors (Lipinski definition) is 0. The van der Waals surface area contributed by atoms with E-state index in [0.717, 1.165) is 44.2 Å². The van der Waals surface area contributed by atoms with Crippen LogP contribution in [-0.4, -0.2) is 19.5 Å². The van der Waals surface area contributed by atoms with Gasteiger partial charge in [-0.05, 0) is 57.3 Å². The third-order valence-corrected chi connectivity index (χ3v) is 12.5. The Hall–Kier alpha value is -7.21. The molecule has 0 aliphatic heterocycles. The van der Waals surface area contributed by atoms with Gasteiger partial charge in [0.15, 0.2) is 17.5 Å². The summed E-state index contributed by atoms with van der Waals surface area (Å²) in [4.78, 5) is 16.1. The van der Waals surface area contributed by atoms with Gasteiger partial charge < -0.3 is 4.57 Å². The Bertz CT molecular complexity index is 3530. The topological polar surface area (TPSA) is 43.6 Å². The van der Waals surface area contributed by atoms with Gasteiger partial charge in [0.2, 0.25) is 0 Å². The van der Waals surface area contributed by atoms with Crippen LogP contribution in [0.25, 0.3) is 114 Å². The first-order valence-corrected chi connectivity index (χ1v) is 19.7. The third-order valence-electron chi connectivity index (χ3n) is 11.2. The van der Waals surface area contributed by atoms with Gasteiger partial charge in [-0.1, -0.05) is 152 Å². The van der Waals surface area contributed by atoms with Crippen molar-refractivity contribution in [3.05, 3.63) is 182 Å². The summed E-state index contributed by atoms with van der Waals surface area (Å²) in [5.41, 5.74) is 6.27. The summed E-state index contributed by atoms with van der Waals surface area (Å²) >= 11 is 1.88. The highest BCUT2D eigenvalue weighted by Crippen LogP contribution is 2.48. The van der Waals surface area contributed by atoms with Crippen LogP contribution in [0.4, 0.5) is 0 Å². The van der Waals surface area contributed by atoms with Crippen molar-refractivity contribution < 1.29 is 0 Å².